The molecule has 2 atom stereocenters. The van der Waals surface area contributed by atoms with Gasteiger partial charge >= 0.3 is 0 Å². The van der Waals surface area contributed by atoms with E-state index in [0.717, 1.165) is 17.9 Å². The summed E-state index contributed by atoms with van der Waals surface area (Å²) in [4.78, 5) is 4.12. The van der Waals surface area contributed by atoms with Crippen LogP contribution in [0.4, 0.5) is 0 Å². The molecule has 2 unspecified atom stereocenters. The van der Waals surface area contributed by atoms with Gasteiger partial charge in [-0.2, -0.15) is 0 Å². The molecule has 2 nitrogen and oxygen atoms in total. The van der Waals surface area contributed by atoms with Crippen LogP contribution in [0.5, 0.6) is 5.75 Å². The zero-order valence-corrected chi connectivity index (χ0v) is 16.1. The van der Waals surface area contributed by atoms with Gasteiger partial charge in [0.05, 0.1) is 30.9 Å². The largest absolute Gasteiger partial charge is 0.501 e. The zero-order chi connectivity index (χ0) is 17.8. The number of allylic oxidation sites excluding steroid dienone is 4. The highest BCUT2D eigenvalue weighted by Crippen LogP contribution is 2.39. The summed E-state index contributed by atoms with van der Waals surface area (Å²) in [6, 6.07) is 17.4. The molecule has 0 aliphatic heterocycles. The molecule has 130 valence electrons. The molecule has 1 aliphatic rings. The summed E-state index contributed by atoms with van der Waals surface area (Å²) in [5.74, 6) is 2.40. The maximum atomic E-state index is 5.45. The van der Waals surface area contributed by atoms with Crippen LogP contribution in [0.3, 0.4) is 0 Å². The third kappa shape index (κ3) is 3.93. The van der Waals surface area contributed by atoms with Crippen LogP contribution in [0.2, 0.25) is 0 Å². The fraction of sp³-hybridized carbons (Fsp3) is 0.273. The summed E-state index contributed by atoms with van der Waals surface area (Å²) in [6.45, 7) is 4.42. The first kappa shape index (κ1) is 17.7. The van der Waals surface area contributed by atoms with E-state index in [2.05, 4.69) is 62.4 Å². The number of ether oxygens (including phenoxy) is 2. The minimum Gasteiger partial charge on any atom is -0.501 e. The minimum atomic E-state index is -0.0978. The van der Waals surface area contributed by atoms with Crippen LogP contribution in [-0.2, 0) is 15.6 Å². The van der Waals surface area contributed by atoms with Crippen LogP contribution in [0.25, 0.3) is 0 Å². The van der Waals surface area contributed by atoms with Crippen LogP contribution in [0.1, 0.15) is 18.9 Å². The molecule has 0 spiro atoms. The molecule has 0 amide bonds. The van der Waals surface area contributed by atoms with Crippen molar-refractivity contribution in [3.63, 3.8) is 0 Å². The fourth-order valence-electron chi connectivity index (χ4n) is 3.02. The van der Waals surface area contributed by atoms with Crippen molar-refractivity contribution >= 4 is 10.9 Å². The molecule has 0 saturated carbocycles. The molecule has 3 heteroatoms. The van der Waals surface area contributed by atoms with Crippen molar-refractivity contribution in [2.75, 3.05) is 14.2 Å². The molecule has 3 rings (SSSR count). The van der Waals surface area contributed by atoms with Crippen LogP contribution < -0.4 is 4.74 Å². The van der Waals surface area contributed by atoms with Crippen LogP contribution >= 0.6 is 0 Å². The first-order valence-electron chi connectivity index (χ1n) is 8.52. The number of hydrogen-bond donors (Lipinski definition) is 0. The van der Waals surface area contributed by atoms with E-state index in [0.29, 0.717) is 5.92 Å². The lowest BCUT2D eigenvalue weighted by atomic mass is 10.0. The van der Waals surface area contributed by atoms with Crippen LogP contribution in [0, 0.1) is 12.8 Å². The van der Waals surface area contributed by atoms with Gasteiger partial charge in [0.2, 0.25) is 0 Å². The molecule has 0 radical (unpaired) electrons. The summed E-state index contributed by atoms with van der Waals surface area (Å²) in [5, 5.41) is 0. The summed E-state index contributed by atoms with van der Waals surface area (Å²) in [5.41, 5.74) is 1.29. The third-order valence-electron chi connectivity index (χ3n) is 4.48. The molecule has 25 heavy (non-hydrogen) atoms. The van der Waals surface area contributed by atoms with Crippen molar-refractivity contribution in [2.24, 2.45) is 5.92 Å². The predicted molar refractivity (Wildman–Crippen MR) is 105 cm³/mol. The SMILES string of the molecule is COC1=CC=C([S+](c2ccc(C)cc2)c2ccc(OC)cc2)C(C)C1. The van der Waals surface area contributed by atoms with Gasteiger partial charge in [-0.1, -0.05) is 24.6 Å². The van der Waals surface area contributed by atoms with Gasteiger partial charge in [0.1, 0.15) is 10.7 Å². The van der Waals surface area contributed by atoms with Crippen molar-refractivity contribution < 1.29 is 9.47 Å². The van der Waals surface area contributed by atoms with Crippen LogP contribution in [-0.4, -0.2) is 14.2 Å². The van der Waals surface area contributed by atoms with Gasteiger partial charge in [0.15, 0.2) is 9.79 Å². The summed E-state index contributed by atoms with van der Waals surface area (Å²) >= 11 is 0. The lowest BCUT2D eigenvalue weighted by Gasteiger charge is -2.21. The second kappa shape index (κ2) is 7.83. The van der Waals surface area contributed by atoms with Gasteiger partial charge in [-0.25, -0.2) is 0 Å². The van der Waals surface area contributed by atoms with E-state index in [1.807, 2.05) is 12.1 Å². The second-order valence-electron chi connectivity index (χ2n) is 6.31. The highest BCUT2D eigenvalue weighted by atomic mass is 32.2. The predicted octanol–water partition coefficient (Wildman–Crippen LogP) is 5.49. The Balaban J connectivity index is 2.07. The van der Waals surface area contributed by atoms with Gasteiger partial charge < -0.3 is 9.47 Å². The number of aryl methyl sites for hydroxylation is 1. The van der Waals surface area contributed by atoms with Crippen molar-refractivity contribution in [3.05, 3.63) is 76.9 Å². The molecule has 0 heterocycles. The molecular formula is C22H25O2S+. The molecule has 0 saturated heterocycles. The van der Waals surface area contributed by atoms with Crippen molar-refractivity contribution in [1.82, 2.24) is 0 Å². The first-order chi connectivity index (χ1) is 12.1. The highest BCUT2D eigenvalue weighted by molar-refractivity contribution is 8.00. The minimum absolute atomic E-state index is 0.0978. The van der Waals surface area contributed by atoms with E-state index in [4.69, 9.17) is 9.47 Å². The van der Waals surface area contributed by atoms with Gasteiger partial charge in [-0.3, -0.25) is 0 Å². The summed E-state index contributed by atoms with van der Waals surface area (Å²) in [6.07, 6.45) is 5.32. The Morgan fingerprint density at radius 2 is 1.44 bits per heavy atom. The van der Waals surface area contributed by atoms with E-state index in [1.54, 1.807) is 14.2 Å². The number of methoxy groups -OCH3 is 2. The summed E-state index contributed by atoms with van der Waals surface area (Å²) < 4.78 is 10.8. The maximum Gasteiger partial charge on any atom is 0.166 e. The summed E-state index contributed by atoms with van der Waals surface area (Å²) in [7, 11) is 3.36. The Hall–Kier alpha value is -2.13. The second-order valence-corrected chi connectivity index (χ2v) is 8.33. The van der Waals surface area contributed by atoms with E-state index in [9.17, 15) is 0 Å². The van der Waals surface area contributed by atoms with Gasteiger partial charge in [0.25, 0.3) is 0 Å². The normalized spacial score (nSPS) is 18.2. The zero-order valence-electron chi connectivity index (χ0n) is 15.3. The third-order valence-corrected chi connectivity index (χ3v) is 6.97. The lowest BCUT2D eigenvalue weighted by Crippen LogP contribution is -2.16. The quantitative estimate of drug-likeness (QED) is 0.661. The van der Waals surface area contributed by atoms with Crippen LogP contribution in [0.15, 0.2) is 81.1 Å². The standard InChI is InChI=1S/C22H25O2S/c1-16-5-10-20(11-6-16)25(21-12-7-18(23-3)8-13-21)22-14-9-19(24-4)15-17(22)2/h5-14,17H,15H2,1-4H3/q+1. The van der Waals surface area contributed by atoms with Crippen molar-refractivity contribution in [2.45, 2.75) is 30.1 Å². The molecule has 0 aromatic heterocycles. The highest BCUT2D eigenvalue weighted by Gasteiger charge is 2.36. The molecular weight excluding hydrogens is 328 g/mol. The Morgan fingerprint density at radius 3 is 1.96 bits per heavy atom. The molecule has 2 aromatic carbocycles. The Labute approximate surface area is 153 Å². The molecule has 2 aromatic rings. The molecule has 0 bridgehead atoms. The Kier molecular flexibility index (Phi) is 5.54. The van der Waals surface area contributed by atoms with E-state index in [1.165, 1.54) is 20.3 Å². The maximum absolute atomic E-state index is 5.45. The number of benzene rings is 2. The first-order valence-corrected chi connectivity index (χ1v) is 9.74. The van der Waals surface area contributed by atoms with E-state index in [-0.39, 0.29) is 10.9 Å². The van der Waals surface area contributed by atoms with Gasteiger partial charge in [-0.05, 0) is 55.5 Å². The monoisotopic (exact) mass is 353 g/mol. The van der Waals surface area contributed by atoms with Crippen molar-refractivity contribution in [1.29, 1.82) is 0 Å². The number of rotatable bonds is 5. The fourth-order valence-corrected chi connectivity index (χ4v) is 5.35. The van der Waals surface area contributed by atoms with Gasteiger partial charge in [0, 0.05) is 12.3 Å². The topological polar surface area (TPSA) is 18.5 Å². The molecule has 0 fully saturated rings. The Morgan fingerprint density at radius 1 is 0.840 bits per heavy atom. The smallest absolute Gasteiger partial charge is 0.166 e. The average molecular weight is 354 g/mol. The average Bonchev–Trinajstić information content (AvgIpc) is 2.65. The van der Waals surface area contributed by atoms with Gasteiger partial charge in [-0.15, -0.1) is 0 Å². The Bertz CT molecular complexity index is 773. The van der Waals surface area contributed by atoms with E-state index < -0.39 is 0 Å². The molecule has 0 N–H and O–H groups in total. The number of hydrogen-bond acceptors (Lipinski definition) is 2. The van der Waals surface area contributed by atoms with E-state index >= 15 is 0 Å². The lowest BCUT2D eigenvalue weighted by molar-refractivity contribution is 0.266. The molecule has 1 aliphatic carbocycles. The van der Waals surface area contributed by atoms with Crippen molar-refractivity contribution in [3.8, 4) is 5.75 Å².